The van der Waals surface area contributed by atoms with E-state index in [4.69, 9.17) is 21.1 Å². The van der Waals surface area contributed by atoms with Gasteiger partial charge >= 0.3 is 17.9 Å². The highest BCUT2D eigenvalue weighted by molar-refractivity contribution is 6.26. The molecular formula is C17H29ClO6. The Labute approximate surface area is 149 Å². The van der Waals surface area contributed by atoms with Gasteiger partial charge in [-0.05, 0) is 19.3 Å². The van der Waals surface area contributed by atoms with Gasteiger partial charge in [0.1, 0.15) is 18.6 Å². The van der Waals surface area contributed by atoms with Crippen LogP contribution in [-0.2, 0) is 28.6 Å². The van der Waals surface area contributed by atoms with Gasteiger partial charge in [0, 0.05) is 12.8 Å². The van der Waals surface area contributed by atoms with Crippen molar-refractivity contribution in [2.75, 3.05) is 19.6 Å². The van der Waals surface area contributed by atoms with E-state index in [2.05, 4.69) is 4.74 Å². The number of alkyl halides is 1. The van der Waals surface area contributed by atoms with Crippen LogP contribution in [0.5, 0.6) is 0 Å². The quantitative estimate of drug-likeness (QED) is 0.203. The molecule has 6 nitrogen and oxygen atoms in total. The van der Waals surface area contributed by atoms with Crippen molar-refractivity contribution in [3.63, 3.8) is 0 Å². The van der Waals surface area contributed by atoms with Crippen molar-refractivity contribution in [1.82, 2.24) is 0 Å². The van der Waals surface area contributed by atoms with Crippen molar-refractivity contribution in [3.05, 3.63) is 0 Å². The van der Waals surface area contributed by atoms with Crippen molar-refractivity contribution < 1.29 is 28.6 Å². The molecule has 1 unspecified atom stereocenters. The molecule has 0 aromatic carbocycles. The van der Waals surface area contributed by atoms with Gasteiger partial charge in [-0.3, -0.25) is 14.4 Å². The Balaban J connectivity index is 3.55. The van der Waals surface area contributed by atoms with Gasteiger partial charge in [0.2, 0.25) is 0 Å². The summed E-state index contributed by atoms with van der Waals surface area (Å²) in [4.78, 5) is 33.6. The van der Waals surface area contributed by atoms with Crippen LogP contribution in [0.25, 0.3) is 0 Å². The maximum absolute atomic E-state index is 11.6. The highest BCUT2D eigenvalue weighted by Gasteiger charge is 2.14. The zero-order valence-corrected chi connectivity index (χ0v) is 15.4. The lowest BCUT2D eigenvalue weighted by Crippen LogP contribution is -2.25. The number of carbonyl (C=O) groups excluding carboxylic acids is 3. The fourth-order valence-electron chi connectivity index (χ4n) is 2.06. The molecule has 0 saturated carbocycles. The van der Waals surface area contributed by atoms with Gasteiger partial charge < -0.3 is 14.2 Å². The van der Waals surface area contributed by atoms with Crippen molar-refractivity contribution in [3.8, 4) is 0 Å². The molecule has 24 heavy (non-hydrogen) atoms. The smallest absolute Gasteiger partial charge is 0.321 e. The summed E-state index contributed by atoms with van der Waals surface area (Å²) in [5.41, 5.74) is 0. The number of rotatable bonds is 14. The summed E-state index contributed by atoms with van der Waals surface area (Å²) < 4.78 is 14.7. The summed E-state index contributed by atoms with van der Waals surface area (Å²) in [7, 11) is 1.39. The van der Waals surface area contributed by atoms with Crippen LogP contribution in [0.2, 0.25) is 0 Å². The second-order valence-corrected chi connectivity index (χ2v) is 5.80. The average molecular weight is 365 g/mol. The maximum Gasteiger partial charge on any atom is 0.321 e. The number of hydrogen-bond donors (Lipinski definition) is 0. The van der Waals surface area contributed by atoms with Gasteiger partial charge in [-0.25, -0.2) is 0 Å². The Morgan fingerprint density at radius 2 is 1.42 bits per heavy atom. The molecule has 0 spiro atoms. The number of esters is 3. The molecule has 0 saturated heterocycles. The van der Waals surface area contributed by atoms with E-state index in [-0.39, 0.29) is 24.4 Å². The highest BCUT2D eigenvalue weighted by Crippen LogP contribution is 2.10. The molecule has 0 aliphatic rings. The molecule has 0 rings (SSSR count). The molecule has 1 atom stereocenters. The summed E-state index contributed by atoms with van der Waals surface area (Å²) >= 11 is 5.36. The van der Waals surface area contributed by atoms with E-state index in [0.717, 1.165) is 38.5 Å². The lowest BCUT2D eigenvalue weighted by molar-refractivity contribution is -0.157. The Bertz CT molecular complexity index is 372. The van der Waals surface area contributed by atoms with E-state index < -0.39 is 12.1 Å². The number of carbonyl (C=O) groups is 3. The molecular weight excluding hydrogens is 336 g/mol. The lowest BCUT2D eigenvalue weighted by Gasteiger charge is -2.15. The Morgan fingerprint density at radius 3 is 1.92 bits per heavy atom. The van der Waals surface area contributed by atoms with Crippen LogP contribution in [0.15, 0.2) is 0 Å². The highest BCUT2D eigenvalue weighted by atomic mass is 35.5. The molecule has 0 aliphatic carbocycles. The van der Waals surface area contributed by atoms with E-state index >= 15 is 0 Å². The molecule has 0 heterocycles. The minimum absolute atomic E-state index is 0.0749. The Kier molecular flexibility index (Phi) is 14.4. The van der Waals surface area contributed by atoms with Gasteiger partial charge in [0.05, 0.1) is 7.11 Å². The topological polar surface area (TPSA) is 78.9 Å². The van der Waals surface area contributed by atoms with Crippen LogP contribution >= 0.6 is 11.6 Å². The number of methoxy groups -OCH3 is 1. The van der Waals surface area contributed by atoms with Gasteiger partial charge in [-0.15, -0.1) is 11.6 Å². The number of unbranched alkanes of at least 4 members (excludes halogenated alkanes) is 5. The van der Waals surface area contributed by atoms with Crippen LogP contribution in [0.4, 0.5) is 0 Å². The number of halogens is 1. The monoisotopic (exact) mass is 364 g/mol. The van der Waals surface area contributed by atoms with Crippen LogP contribution in [-0.4, -0.2) is 43.6 Å². The number of ether oxygens (including phenoxy) is 3. The van der Waals surface area contributed by atoms with Crippen molar-refractivity contribution in [2.45, 2.75) is 70.8 Å². The molecule has 0 radical (unpaired) electrons. The van der Waals surface area contributed by atoms with Crippen LogP contribution in [0.1, 0.15) is 64.7 Å². The van der Waals surface area contributed by atoms with Gasteiger partial charge in [0.25, 0.3) is 0 Å². The minimum Gasteiger partial charge on any atom is -0.469 e. The van der Waals surface area contributed by atoms with Crippen molar-refractivity contribution in [1.29, 1.82) is 0 Å². The SMILES string of the molecule is CCC(COC(=O)CCCCCCCCC(=O)OC)OC(=O)CCl. The van der Waals surface area contributed by atoms with Gasteiger partial charge in [0.15, 0.2) is 0 Å². The molecule has 0 bridgehead atoms. The first-order valence-electron chi connectivity index (χ1n) is 8.51. The minimum atomic E-state index is -0.508. The summed E-state index contributed by atoms with van der Waals surface area (Å²) in [6, 6.07) is 0. The standard InChI is InChI=1S/C17H29ClO6/c1-3-14(24-17(21)12-18)13-23-16(20)11-9-7-5-4-6-8-10-15(19)22-2/h14H,3-13H2,1-2H3. The third-order valence-electron chi connectivity index (χ3n) is 3.53. The second kappa shape index (κ2) is 15.2. The zero-order valence-electron chi connectivity index (χ0n) is 14.7. The normalized spacial score (nSPS) is 11.6. The second-order valence-electron chi connectivity index (χ2n) is 5.53. The first-order valence-corrected chi connectivity index (χ1v) is 9.04. The summed E-state index contributed by atoms with van der Waals surface area (Å²) in [6.45, 7) is 1.92. The Morgan fingerprint density at radius 1 is 0.875 bits per heavy atom. The molecule has 7 heteroatoms. The van der Waals surface area contributed by atoms with E-state index in [9.17, 15) is 14.4 Å². The van der Waals surface area contributed by atoms with E-state index in [0.29, 0.717) is 19.3 Å². The van der Waals surface area contributed by atoms with Crippen LogP contribution in [0, 0.1) is 0 Å². The Hall–Kier alpha value is -1.30. The zero-order chi connectivity index (χ0) is 18.2. The predicted molar refractivity (Wildman–Crippen MR) is 90.8 cm³/mol. The van der Waals surface area contributed by atoms with Crippen LogP contribution < -0.4 is 0 Å². The maximum atomic E-state index is 11.6. The lowest BCUT2D eigenvalue weighted by atomic mass is 10.1. The molecule has 140 valence electrons. The van der Waals surface area contributed by atoms with Gasteiger partial charge in [-0.2, -0.15) is 0 Å². The molecule has 0 fully saturated rings. The van der Waals surface area contributed by atoms with E-state index in [1.807, 2.05) is 6.92 Å². The summed E-state index contributed by atoms with van der Waals surface area (Å²) in [6.07, 6.45) is 6.59. The van der Waals surface area contributed by atoms with Crippen molar-refractivity contribution >= 4 is 29.5 Å². The summed E-state index contributed by atoms with van der Waals surface area (Å²) in [5, 5.41) is 0. The molecule has 0 aromatic heterocycles. The predicted octanol–water partition coefficient (Wildman–Crippen LogP) is 3.38. The van der Waals surface area contributed by atoms with E-state index in [1.54, 1.807) is 0 Å². The molecule has 0 aromatic rings. The third-order valence-corrected chi connectivity index (χ3v) is 3.75. The van der Waals surface area contributed by atoms with Crippen molar-refractivity contribution in [2.24, 2.45) is 0 Å². The first-order chi connectivity index (χ1) is 11.5. The third kappa shape index (κ3) is 13.2. The first kappa shape index (κ1) is 22.7. The molecule has 0 amide bonds. The fourth-order valence-corrected chi connectivity index (χ4v) is 2.12. The average Bonchev–Trinajstić information content (AvgIpc) is 2.59. The molecule has 0 N–H and O–H groups in total. The largest absolute Gasteiger partial charge is 0.469 e. The number of hydrogen-bond acceptors (Lipinski definition) is 6. The summed E-state index contributed by atoms with van der Waals surface area (Å²) in [5.74, 6) is -1.16. The van der Waals surface area contributed by atoms with Gasteiger partial charge in [-0.1, -0.05) is 32.6 Å². The van der Waals surface area contributed by atoms with Crippen LogP contribution in [0.3, 0.4) is 0 Å². The molecule has 0 aliphatic heterocycles. The van der Waals surface area contributed by atoms with E-state index in [1.165, 1.54) is 7.11 Å². The fraction of sp³-hybridized carbons (Fsp3) is 0.824.